The van der Waals surface area contributed by atoms with Gasteiger partial charge in [-0.3, -0.25) is 9.89 Å². The zero-order valence-electron chi connectivity index (χ0n) is 16.7. The summed E-state index contributed by atoms with van der Waals surface area (Å²) in [7, 11) is 1.80. The van der Waals surface area contributed by atoms with Crippen LogP contribution in [0.3, 0.4) is 0 Å². The van der Waals surface area contributed by atoms with Crippen LogP contribution in [0.25, 0.3) is 0 Å². The molecule has 1 saturated heterocycles. The van der Waals surface area contributed by atoms with Crippen molar-refractivity contribution in [1.82, 2.24) is 30.5 Å². The number of nitrogens with zero attached hydrogens (tertiary/aromatic N) is 6. The average Bonchev–Trinajstić information content (AvgIpc) is 3.03. The number of aromatic nitrogens is 3. The summed E-state index contributed by atoms with van der Waals surface area (Å²) in [6, 6.07) is 1.85. The molecular weight excluding hydrogens is 487 g/mol. The average molecular weight is 516 g/mol. The van der Waals surface area contributed by atoms with Crippen molar-refractivity contribution in [1.29, 1.82) is 0 Å². The first-order valence-corrected chi connectivity index (χ1v) is 10.1. The third-order valence-corrected chi connectivity index (χ3v) is 5.64. The van der Waals surface area contributed by atoms with Crippen molar-refractivity contribution in [2.24, 2.45) is 4.99 Å². The Kier molecular flexibility index (Phi) is 9.32. The summed E-state index contributed by atoms with van der Waals surface area (Å²) in [5, 5.41) is 7.88. The van der Waals surface area contributed by atoms with Crippen LogP contribution in [0.5, 0.6) is 0 Å². The maximum Gasteiger partial charge on any atom is 0.225 e. The van der Waals surface area contributed by atoms with Crippen molar-refractivity contribution in [3.8, 4) is 0 Å². The molecule has 1 aliphatic rings. The SMILES string of the molecule is CN=C(NCCN1CCN(c2ncccn2)CC1)NCc1sc(C)nc1C.I. The van der Waals surface area contributed by atoms with E-state index in [4.69, 9.17) is 0 Å². The highest BCUT2D eigenvalue weighted by Crippen LogP contribution is 2.16. The Morgan fingerprint density at radius 3 is 2.46 bits per heavy atom. The van der Waals surface area contributed by atoms with Gasteiger partial charge < -0.3 is 15.5 Å². The summed E-state index contributed by atoms with van der Waals surface area (Å²) in [4.78, 5) is 23.4. The van der Waals surface area contributed by atoms with E-state index in [-0.39, 0.29) is 24.0 Å². The normalized spacial score (nSPS) is 15.2. The Hall–Kier alpha value is -1.53. The summed E-state index contributed by atoms with van der Waals surface area (Å²) in [6.07, 6.45) is 3.60. The molecule has 3 heterocycles. The summed E-state index contributed by atoms with van der Waals surface area (Å²) in [5.74, 6) is 1.66. The largest absolute Gasteiger partial charge is 0.355 e. The summed E-state index contributed by atoms with van der Waals surface area (Å²) >= 11 is 1.73. The molecule has 0 aliphatic carbocycles. The Labute approximate surface area is 187 Å². The molecule has 0 bridgehead atoms. The number of nitrogens with one attached hydrogen (secondary N) is 2. The zero-order chi connectivity index (χ0) is 19.1. The van der Waals surface area contributed by atoms with Gasteiger partial charge in [0.25, 0.3) is 0 Å². The second-order valence-electron chi connectivity index (χ2n) is 6.47. The topological polar surface area (TPSA) is 81.6 Å². The molecule has 2 aromatic heterocycles. The number of guanidine groups is 1. The summed E-state index contributed by atoms with van der Waals surface area (Å²) < 4.78 is 0. The standard InChI is InChI=1S/C18H28N8S.HI/c1-14-16(27-15(2)24-14)13-23-17(19-3)20-7-8-25-9-11-26(12-10-25)18-21-5-4-6-22-18;/h4-6H,7-13H2,1-3H3,(H2,19,20,23);1H. The summed E-state index contributed by atoms with van der Waals surface area (Å²) in [6.45, 7) is 10.7. The number of hydrogen-bond acceptors (Lipinski definition) is 7. The predicted molar refractivity (Wildman–Crippen MR) is 126 cm³/mol. The van der Waals surface area contributed by atoms with E-state index in [1.807, 2.05) is 13.0 Å². The van der Waals surface area contributed by atoms with Crippen molar-refractivity contribution < 1.29 is 0 Å². The Bertz CT molecular complexity index is 743. The van der Waals surface area contributed by atoms with E-state index in [0.29, 0.717) is 0 Å². The van der Waals surface area contributed by atoms with Crippen LogP contribution in [0.4, 0.5) is 5.95 Å². The van der Waals surface area contributed by atoms with E-state index >= 15 is 0 Å². The van der Waals surface area contributed by atoms with Crippen LogP contribution in [0, 0.1) is 13.8 Å². The maximum absolute atomic E-state index is 4.46. The molecule has 8 nitrogen and oxygen atoms in total. The van der Waals surface area contributed by atoms with Gasteiger partial charge in [-0.1, -0.05) is 0 Å². The Morgan fingerprint density at radius 2 is 1.86 bits per heavy atom. The van der Waals surface area contributed by atoms with Crippen molar-refractivity contribution in [2.45, 2.75) is 20.4 Å². The van der Waals surface area contributed by atoms with Gasteiger partial charge in [-0.25, -0.2) is 15.0 Å². The molecule has 2 N–H and O–H groups in total. The fourth-order valence-electron chi connectivity index (χ4n) is 3.08. The lowest BCUT2D eigenvalue weighted by Gasteiger charge is -2.34. The minimum absolute atomic E-state index is 0. The number of piperazine rings is 1. The highest BCUT2D eigenvalue weighted by molar-refractivity contribution is 14.0. The number of hydrogen-bond donors (Lipinski definition) is 2. The van der Waals surface area contributed by atoms with Crippen molar-refractivity contribution in [3.63, 3.8) is 0 Å². The molecule has 10 heteroatoms. The van der Waals surface area contributed by atoms with Gasteiger partial charge in [0.2, 0.25) is 5.95 Å². The maximum atomic E-state index is 4.46. The smallest absolute Gasteiger partial charge is 0.225 e. The Morgan fingerprint density at radius 1 is 1.14 bits per heavy atom. The lowest BCUT2D eigenvalue weighted by molar-refractivity contribution is 0.260. The van der Waals surface area contributed by atoms with E-state index in [9.17, 15) is 0 Å². The van der Waals surface area contributed by atoms with Crippen LogP contribution in [0.1, 0.15) is 15.6 Å². The molecule has 154 valence electrons. The minimum atomic E-state index is 0. The first-order valence-electron chi connectivity index (χ1n) is 9.27. The quantitative estimate of drug-likeness (QED) is 0.344. The van der Waals surface area contributed by atoms with Gasteiger partial charge in [0, 0.05) is 63.6 Å². The van der Waals surface area contributed by atoms with E-state index in [2.05, 4.69) is 47.3 Å². The number of rotatable bonds is 6. The van der Waals surface area contributed by atoms with Gasteiger partial charge in [0.05, 0.1) is 17.2 Å². The second kappa shape index (κ2) is 11.5. The van der Waals surface area contributed by atoms with E-state index in [0.717, 1.165) is 68.4 Å². The van der Waals surface area contributed by atoms with Gasteiger partial charge in [-0.05, 0) is 19.9 Å². The zero-order valence-corrected chi connectivity index (χ0v) is 19.8. The van der Waals surface area contributed by atoms with E-state index in [1.54, 1.807) is 30.8 Å². The lowest BCUT2D eigenvalue weighted by Crippen LogP contribution is -2.49. The van der Waals surface area contributed by atoms with Crippen LogP contribution in [0.15, 0.2) is 23.5 Å². The van der Waals surface area contributed by atoms with E-state index in [1.165, 1.54) is 4.88 Å². The van der Waals surface area contributed by atoms with Crippen LogP contribution >= 0.6 is 35.3 Å². The fraction of sp³-hybridized carbons (Fsp3) is 0.556. The molecule has 0 spiro atoms. The molecule has 2 aromatic rings. The molecule has 28 heavy (non-hydrogen) atoms. The number of thiazole rings is 1. The third-order valence-electron chi connectivity index (χ3n) is 4.57. The van der Waals surface area contributed by atoms with Crippen molar-refractivity contribution in [3.05, 3.63) is 34.0 Å². The second-order valence-corrected chi connectivity index (χ2v) is 7.76. The minimum Gasteiger partial charge on any atom is -0.355 e. The molecule has 3 rings (SSSR count). The molecule has 0 unspecified atom stereocenters. The highest BCUT2D eigenvalue weighted by atomic mass is 127. The molecule has 0 aromatic carbocycles. The van der Waals surface area contributed by atoms with Crippen molar-refractivity contribution >= 4 is 47.2 Å². The third kappa shape index (κ3) is 6.52. The number of aryl methyl sites for hydroxylation is 2. The first-order chi connectivity index (χ1) is 13.2. The highest BCUT2D eigenvalue weighted by Gasteiger charge is 2.18. The van der Waals surface area contributed by atoms with E-state index < -0.39 is 0 Å². The first kappa shape index (κ1) is 22.8. The monoisotopic (exact) mass is 516 g/mol. The van der Waals surface area contributed by atoms with Gasteiger partial charge >= 0.3 is 0 Å². The van der Waals surface area contributed by atoms with Crippen LogP contribution in [0.2, 0.25) is 0 Å². The number of anilines is 1. The molecule has 0 atom stereocenters. The van der Waals surface area contributed by atoms with Crippen LogP contribution < -0.4 is 15.5 Å². The van der Waals surface area contributed by atoms with Gasteiger partial charge in [0.1, 0.15) is 0 Å². The molecule has 0 saturated carbocycles. The molecule has 1 aliphatic heterocycles. The number of aliphatic imine (C=N–C) groups is 1. The lowest BCUT2D eigenvalue weighted by atomic mass is 10.3. The van der Waals surface area contributed by atoms with Crippen LogP contribution in [-0.2, 0) is 6.54 Å². The molecule has 0 radical (unpaired) electrons. The Balaban J connectivity index is 0.00000280. The molecule has 0 amide bonds. The van der Waals surface area contributed by atoms with Crippen LogP contribution in [-0.4, -0.2) is 72.1 Å². The van der Waals surface area contributed by atoms with Gasteiger partial charge in [0.15, 0.2) is 5.96 Å². The number of halogens is 1. The van der Waals surface area contributed by atoms with Gasteiger partial charge in [-0.2, -0.15) is 0 Å². The fourth-order valence-corrected chi connectivity index (χ4v) is 3.96. The van der Waals surface area contributed by atoms with Gasteiger partial charge in [-0.15, -0.1) is 35.3 Å². The van der Waals surface area contributed by atoms with Crippen molar-refractivity contribution in [2.75, 3.05) is 51.2 Å². The predicted octanol–water partition coefficient (Wildman–Crippen LogP) is 1.66. The molecular formula is C18H29IN8S. The molecule has 1 fully saturated rings. The summed E-state index contributed by atoms with van der Waals surface area (Å²) in [5.41, 5.74) is 1.10.